The van der Waals surface area contributed by atoms with Gasteiger partial charge in [0.05, 0.1) is 6.20 Å². The first-order chi connectivity index (χ1) is 9.29. The first-order valence-corrected chi connectivity index (χ1v) is 6.54. The first-order valence-electron chi connectivity index (χ1n) is 6.54. The molecule has 0 amide bonds. The molecule has 2 rings (SSSR count). The van der Waals surface area contributed by atoms with Gasteiger partial charge in [-0.15, -0.1) is 0 Å². The molecule has 1 aromatic heterocycles. The van der Waals surface area contributed by atoms with Gasteiger partial charge in [0.15, 0.2) is 0 Å². The number of benzene rings is 1. The normalized spacial score (nSPS) is 12.3. The van der Waals surface area contributed by atoms with Crippen LogP contribution in [-0.4, -0.2) is 16.7 Å². The van der Waals surface area contributed by atoms with Crippen LogP contribution in [0.3, 0.4) is 0 Å². The predicted molar refractivity (Wildman–Crippen MR) is 73.2 cm³/mol. The quantitative estimate of drug-likeness (QED) is 0.866. The zero-order chi connectivity index (χ0) is 13.5. The second kappa shape index (κ2) is 6.95. The van der Waals surface area contributed by atoms with Gasteiger partial charge in [-0.25, -0.2) is 4.39 Å². The topological polar surface area (TPSA) is 37.8 Å². The van der Waals surface area contributed by atoms with Crippen LogP contribution in [0.25, 0.3) is 0 Å². The number of nitrogens with zero attached hydrogens (tertiary/aromatic N) is 2. The summed E-state index contributed by atoms with van der Waals surface area (Å²) in [4.78, 5) is 0. The van der Waals surface area contributed by atoms with Gasteiger partial charge < -0.3 is 5.32 Å². The number of rotatable bonds is 6. The highest BCUT2D eigenvalue weighted by molar-refractivity contribution is 5.21. The van der Waals surface area contributed by atoms with Crippen molar-refractivity contribution in [2.45, 2.75) is 25.8 Å². The summed E-state index contributed by atoms with van der Waals surface area (Å²) in [6.45, 7) is 3.04. The lowest BCUT2D eigenvalue weighted by atomic mass is 10.0. The molecule has 1 heterocycles. The lowest BCUT2D eigenvalue weighted by molar-refractivity contribution is 0.524. The van der Waals surface area contributed by atoms with E-state index in [1.54, 1.807) is 24.5 Å². The van der Waals surface area contributed by atoms with E-state index in [1.807, 2.05) is 12.1 Å². The molecule has 19 heavy (non-hydrogen) atoms. The lowest BCUT2D eigenvalue weighted by Crippen LogP contribution is -2.24. The first kappa shape index (κ1) is 13.6. The molecule has 100 valence electrons. The molecule has 2 aromatic rings. The van der Waals surface area contributed by atoms with E-state index in [4.69, 9.17) is 0 Å². The summed E-state index contributed by atoms with van der Waals surface area (Å²) in [5.74, 6) is -0.195. The highest BCUT2D eigenvalue weighted by Gasteiger charge is 2.12. The smallest absolute Gasteiger partial charge is 0.123 e. The van der Waals surface area contributed by atoms with Crippen LogP contribution in [0.2, 0.25) is 0 Å². The average Bonchev–Trinajstić information content (AvgIpc) is 2.44. The van der Waals surface area contributed by atoms with E-state index >= 15 is 0 Å². The van der Waals surface area contributed by atoms with E-state index in [9.17, 15) is 4.39 Å². The van der Waals surface area contributed by atoms with Crippen molar-refractivity contribution in [3.05, 3.63) is 59.7 Å². The molecule has 0 aliphatic heterocycles. The molecule has 1 aromatic carbocycles. The molecule has 1 atom stereocenters. The number of hydrogen-bond donors (Lipinski definition) is 1. The van der Waals surface area contributed by atoms with Crippen LogP contribution in [0.1, 0.15) is 30.5 Å². The van der Waals surface area contributed by atoms with Gasteiger partial charge in [0, 0.05) is 12.2 Å². The van der Waals surface area contributed by atoms with E-state index in [0.29, 0.717) is 0 Å². The minimum Gasteiger partial charge on any atom is -0.310 e. The molecule has 3 nitrogen and oxygen atoms in total. The predicted octanol–water partition coefficient (Wildman–Crippen LogP) is 2.90. The Labute approximate surface area is 112 Å². The van der Waals surface area contributed by atoms with Gasteiger partial charge in [-0.2, -0.15) is 10.2 Å². The monoisotopic (exact) mass is 259 g/mol. The minimum atomic E-state index is -0.195. The zero-order valence-electron chi connectivity index (χ0n) is 11.0. The van der Waals surface area contributed by atoms with Crippen molar-refractivity contribution in [1.29, 1.82) is 0 Å². The summed E-state index contributed by atoms with van der Waals surface area (Å²) in [5.41, 5.74) is 2.05. The van der Waals surface area contributed by atoms with Gasteiger partial charge in [0.2, 0.25) is 0 Å². The lowest BCUT2D eigenvalue weighted by Gasteiger charge is -2.18. The van der Waals surface area contributed by atoms with Crippen molar-refractivity contribution < 1.29 is 4.39 Å². The van der Waals surface area contributed by atoms with E-state index in [-0.39, 0.29) is 11.9 Å². The number of aromatic nitrogens is 2. The maximum absolute atomic E-state index is 13.2. The maximum atomic E-state index is 13.2. The summed E-state index contributed by atoms with van der Waals surface area (Å²) >= 11 is 0. The Morgan fingerprint density at radius 2 is 2.16 bits per heavy atom. The van der Waals surface area contributed by atoms with E-state index in [0.717, 1.165) is 30.5 Å². The zero-order valence-corrected chi connectivity index (χ0v) is 11.0. The Bertz CT molecular complexity index is 502. The highest BCUT2D eigenvalue weighted by atomic mass is 19.1. The van der Waals surface area contributed by atoms with Gasteiger partial charge in [0.1, 0.15) is 5.82 Å². The van der Waals surface area contributed by atoms with E-state index in [2.05, 4.69) is 22.4 Å². The average molecular weight is 259 g/mol. The van der Waals surface area contributed by atoms with Crippen molar-refractivity contribution in [1.82, 2.24) is 15.5 Å². The van der Waals surface area contributed by atoms with Crippen LogP contribution in [0.4, 0.5) is 4.39 Å². The Kier molecular flexibility index (Phi) is 4.98. The Hall–Kier alpha value is -1.81. The SMILES string of the molecule is CCCNC(Cc1cccc(F)c1)c1ccnnc1. The molecular weight excluding hydrogens is 241 g/mol. The van der Waals surface area contributed by atoms with E-state index < -0.39 is 0 Å². The van der Waals surface area contributed by atoms with Crippen molar-refractivity contribution in [3.8, 4) is 0 Å². The summed E-state index contributed by atoms with van der Waals surface area (Å²) < 4.78 is 13.2. The molecule has 0 spiro atoms. The van der Waals surface area contributed by atoms with Crippen LogP contribution < -0.4 is 5.32 Å². The third-order valence-electron chi connectivity index (χ3n) is 2.98. The molecule has 0 fully saturated rings. The molecular formula is C15H18FN3. The maximum Gasteiger partial charge on any atom is 0.123 e. The molecule has 0 bridgehead atoms. The van der Waals surface area contributed by atoms with Crippen LogP contribution in [0.15, 0.2) is 42.7 Å². The Balaban J connectivity index is 2.14. The second-order valence-corrected chi connectivity index (χ2v) is 4.52. The summed E-state index contributed by atoms with van der Waals surface area (Å²) in [6, 6.07) is 8.81. The van der Waals surface area contributed by atoms with E-state index in [1.165, 1.54) is 6.07 Å². The molecule has 4 heteroatoms. The number of nitrogens with one attached hydrogen (secondary N) is 1. The summed E-state index contributed by atoms with van der Waals surface area (Å²) in [6.07, 6.45) is 5.23. The Morgan fingerprint density at radius 1 is 1.26 bits per heavy atom. The molecule has 0 radical (unpaired) electrons. The molecule has 1 unspecified atom stereocenters. The van der Waals surface area contributed by atoms with Crippen molar-refractivity contribution in [2.75, 3.05) is 6.54 Å². The van der Waals surface area contributed by atoms with Gasteiger partial charge in [-0.05, 0) is 48.7 Å². The highest BCUT2D eigenvalue weighted by Crippen LogP contribution is 2.18. The molecule has 0 saturated heterocycles. The largest absolute Gasteiger partial charge is 0.310 e. The minimum absolute atomic E-state index is 0.136. The summed E-state index contributed by atoms with van der Waals surface area (Å²) in [5, 5.41) is 11.2. The van der Waals surface area contributed by atoms with Crippen molar-refractivity contribution in [2.24, 2.45) is 0 Å². The second-order valence-electron chi connectivity index (χ2n) is 4.52. The molecule has 0 saturated carbocycles. The fourth-order valence-corrected chi connectivity index (χ4v) is 2.03. The molecule has 0 aliphatic rings. The van der Waals surface area contributed by atoms with Crippen LogP contribution in [0.5, 0.6) is 0 Å². The third kappa shape index (κ3) is 4.10. The standard InChI is InChI=1S/C15H18FN3/c1-2-7-17-15(13-6-8-18-19-11-13)10-12-4-3-5-14(16)9-12/h3-6,8-9,11,15,17H,2,7,10H2,1H3. The summed E-state index contributed by atoms with van der Waals surface area (Å²) in [7, 11) is 0. The van der Waals surface area contributed by atoms with Gasteiger partial charge in [0.25, 0.3) is 0 Å². The fourth-order valence-electron chi connectivity index (χ4n) is 2.03. The van der Waals surface area contributed by atoms with Crippen LogP contribution >= 0.6 is 0 Å². The van der Waals surface area contributed by atoms with Crippen molar-refractivity contribution >= 4 is 0 Å². The third-order valence-corrected chi connectivity index (χ3v) is 2.98. The van der Waals surface area contributed by atoms with Crippen LogP contribution in [0, 0.1) is 5.82 Å². The Morgan fingerprint density at radius 3 is 2.84 bits per heavy atom. The van der Waals surface area contributed by atoms with Crippen LogP contribution in [-0.2, 0) is 6.42 Å². The van der Waals surface area contributed by atoms with Gasteiger partial charge in [-0.1, -0.05) is 19.1 Å². The fraction of sp³-hybridized carbons (Fsp3) is 0.333. The molecule has 1 N–H and O–H groups in total. The van der Waals surface area contributed by atoms with Crippen molar-refractivity contribution in [3.63, 3.8) is 0 Å². The number of hydrogen-bond acceptors (Lipinski definition) is 3. The molecule has 0 aliphatic carbocycles. The number of halogens is 1. The van der Waals surface area contributed by atoms with Gasteiger partial charge in [-0.3, -0.25) is 0 Å². The van der Waals surface area contributed by atoms with Gasteiger partial charge >= 0.3 is 0 Å².